The number of nitrogens with one attached hydrogen (secondary N) is 1. The fraction of sp³-hybridized carbons (Fsp3) is 0.857. The third-order valence-electron chi connectivity index (χ3n) is 3.57. The maximum absolute atomic E-state index is 12.0. The molecule has 5 heteroatoms. The fourth-order valence-corrected chi connectivity index (χ4v) is 2.44. The highest BCUT2D eigenvalue weighted by atomic mass is 16.3. The molecule has 0 aromatic carbocycles. The smallest absolute Gasteiger partial charge is 0.222 e. The number of hydrogen-bond donors (Lipinski definition) is 2. The molecule has 1 rings (SSSR count). The van der Waals surface area contributed by atoms with Crippen LogP contribution in [0, 0.1) is 5.92 Å². The van der Waals surface area contributed by atoms with E-state index in [9.17, 15) is 9.59 Å². The normalized spacial score (nSPS) is 19.3. The molecule has 110 valence electrons. The van der Waals surface area contributed by atoms with Gasteiger partial charge in [-0.15, -0.1) is 0 Å². The van der Waals surface area contributed by atoms with Gasteiger partial charge in [0, 0.05) is 39.6 Å². The Morgan fingerprint density at radius 2 is 2.11 bits per heavy atom. The van der Waals surface area contributed by atoms with Crippen molar-refractivity contribution in [3.05, 3.63) is 0 Å². The molecule has 1 fully saturated rings. The Balaban J connectivity index is 2.08. The third-order valence-corrected chi connectivity index (χ3v) is 3.57. The van der Waals surface area contributed by atoms with Crippen molar-refractivity contribution >= 4 is 11.8 Å². The summed E-state index contributed by atoms with van der Waals surface area (Å²) in [5, 5.41) is 11.9. The van der Waals surface area contributed by atoms with Gasteiger partial charge in [0.1, 0.15) is 0 Å². The average molecular weight is 270 g/mol. The van der Waals surface area contributed by atoms with Crippen LogP contribution in [-0.4, -0.2) is 48.1 Å². The first kappa shape index (κ1) is 16.0. The number of aliphatic hydroxyl groups is 1. The SMILES string of the molecule is CC(=O)NCCCCCC(=O)N1CCCC(CO)C1. The van der Waals surface area contributed by atoms with Crippen molar-refractivity contribution in [3.8, 4) is 0 Å². The molecule has 1 atom stereocenters. The zero-order chi connectivity index (χ0) is 14.1. The van der Waals surface area contributed by atoms with Gasteiger partial charge >= 0.3 is 0 Å². The summed E-state index contributed by atoms with van der Waals surface area (Å²) in [6.45, 7) is 3.93. The number of aliphatic hydroxyl groups excluding tert-OH is 1. The van der Waals surface area contributed by atoms with Gasteiger partial charge in [-0.25, -0.2) is 0 Å². The zero-order valence-corrected chi connectivity index (χ0v) is 11.9. The number of hydrogen-bond acceptors (Lipinski definition) is 3. The Labute approximate surface area is 115 Å². The molecule has 0 bridgehead atoms. The Bertz CT molecular complexity index is 294. The van der Waals surface area contributed by atoms with Gasteiger partial charge in [-0.2, -0.15) is 0 Å². The quantitative estimate of drug-likeness (QED) is 0.676. The van der Waals surface area contributed by atoms with Crippen LogP contribution < -0.4 is 5.32 Å². The van der Waals surface area contributed by atoms with E-state index >= 15 is 0 Å². The monoisotopic (exact) mass is 270 g/mol. The number of carbonyl (C=O) groups is 2. The summed E-state index contributed by atoms with van der Waals surface area (Å²) in [6.07, 6.45) is 5.36. The van der Waals surface area contributed by atoms with Crippen LogP contribution in [-0.2, 0) is 9.59 Å². The van der Waals surface area contributed by atoms with Crippen molar-refractivity contribution in [1.82, 2.24) is 10.2 Å². The van der Waals surface area contributed by atoms with Crippen LogP contribution in [0.15, 0.2) is 0 Å². The first-order chi connectivity index (χ1) is 9.13. The lowest BCUT2D eigenvalue weighted by atomic mass is 9.98. The standard InChI is InChI=1S/C14H26N2O3/c1-12(18)15-8-4-2-3-7-14(19)16-9-5-6-13(10-16)11-17/h13,17H,2-11H2,1H3,(H,15,18). The summed E-state index contributed by atoms with van der Waals surface area (Å²) < 4.78 is 0. The van der Waals surface area contributed by atoms with Gasteiger partial charge in [0.15, 0.2) is 0 Å². The van der Waals surface area contributed by atoms with Gasteiger partial charge in [0.05, 0.1) is 0 Å². The topological polar surface area (TPSA) is 69.6 Å². The first-order valence-corrected chi connectivity index (χ1v) is 7.26. The van der Waals surface area contributed by atoms with Gasteiger partial charge in [0.25, 0.3) is 0 Å². The van der Waals surface area contributed by atoms with E-state index in [4.69, 9.17) is 5.11 Å². The molecule has 2 N–H and O–H groups in total. The zero-order valence-electron chi connectivity index (χ0n) is 11.9. The highest BCUT2D eigenvalue weighted by Crippen LogP contribution is 2.17. The summed E-state index contributed by atoms with van der Waals surface area (Å²) in [4.78, 5) is 24.5. The molecular formula is C14H26N2O3. The van der Waals surface area contributed by atoms with E-state index < -0.39 is 0 Å². The minimum Gasteiger partial charge on any atom is -0.396 e. The van der Waals surface area contributed by atoms with E-state index in [1.807, 2.05) is 4.90 Å². The van der Waals surface area contributed by atoms with Crippen LogP contribution in [0.3, 0.4) is 0 Å². The number of carbonyl (C=O) groups excluding carboxylic acids is 2. The van der Waals surface area contributed by atoms with Crippen LogP contribution in [0.5, 0.6) is 0 Å². The Morgan fingerprint density at radius 1 is 1.32 bits per heavy atom. The van der Waals surface area contributed by atoms with Crippen molar-refractivity contribution in [3.63, 3.8) is 0 Å². The minimum atomic E-state index is -0.000520. The lowest BCUT2D eigenvalue weighted by Crippen LogP contribution is -2.40. The Hall–Kier alpha value is -1.10. The molecule has 0 spiro atoms. The van der Waals surface area contributed by atoms with E-state index in [0.29, 0.717) is 19.5 Å². The average Bonchev–Trinajstić information content (AvgIpc) is 2.42. The van der Waals surface area contributed by atoms with E-state index in [2.05, 4.69) is 5.32 Å². The highest BCUT2D eigenvalue weighted by molar-refractivity contribution is 5.76. The van der Waals surface area contributed by atoms with Crippen LogP contribution in [0.4, 0.5) is 0 Å². The molecule has 1 saturated heterocycles. The maximum Gasteiger partial charge on any atom is 0.222 e. The van der Waals surface area contributed by atoms with Crippen LogP contribution in [0.25, 0.3) is 0 Å². The van der Waals surface area contributed by atoms with E-state index in [-0.39, 0.29) is 24.3 Å². The molecule has 1 unspecified atom stereocenters. The predicted octanol–water partition coefficient (Wildman–Crippen LogP) is 0.914. The van der Waals surface area contributed by atoms with Crippen molar-refractivity contribution in [2.75, 3.05) is 26.2 Å². The molecule has 0 aliphatic carbocycles. The van der Waals surface area contributed by atoms with Crippen molar-refractivity contribution in [2.45, 2.75) is 45.4 Å². The summed E-state index contributed by atoms with van der Waals surface area (Å²) in [7, 11) is 0. The summed E-state index contributed by atoms with van der Waals surface area (Å²) in [5.41, 5.74) is 0. The fourth-order valence-electron chi connectivity index (χ4n) is 2.44. The molecule has 0 aromatic rings. The molecule has 0 saturated carbocycles. The van der Waals surface area contributed by atoms with Gasteiger partial charge in [-0.1, -0.05) is 6.42 Å². The third kappa shape index (κ3) is 6.57. The molecule has 5 nitrogen and oxygen atoms in total. The maximum atomic E-state index is 12.0. The van der Waals surface area contributed by atoms with Crippen LogP contribution in [0.1, 0.15) is 45.4 Å². The number of rotatable bonds is 7. The first-order valence-electron chi connectivity index (χ1n) is 7.26. The van der Waals surface area contributed by atoms with Gasteiger partial charge in [0.2, 0.25) is 11.8 Å². The van der Waals surface area contributed by atoms with Crippen LogP contribution >= 0.6 is 0 Å². The van der Waals surface area contributed by atoms with Crippen molar-refractivity contribution in [1.29, 1.82) is 0 Å². The molecule has 1 aliphatic heterocycles. The second kappa shape index (κ2) is 8.91. The Morgan fingerprint density at radius 3 is 2.79 bits per heavy atom. The number of unbranched alkanes of at least 4 members (excludes halogenated alkanes) is 2. The lowest BCUT2D eigenvalue weighted by Gasteiger charge is -2.32. The lowest BCUT2D eigenvalue weighted by molar-refractivity contribution is -0.133. The van der Waals surface area contributed by atoms with Crippen molar-refractivity contribution < 1.29 is 14.7 Å². The second-order valence-electron chi connectivity index (χ2n) is 5.32. The summed E-state index contributed by atoms with van der Waals surface area (Å²) in [6, 6.07) is 0. The number of likely N-dealkylation sites (tertiary alicyclic amines) is 1. The second-order valence-corrected chi connectivity index (χ2v) is 5.32. The van der Waals surface area contributed by atoms with Crippen LogP contribution in [0.2, 0.25) is 0 Å². The van der Waals surface area contributed by atoms with Gasteiger partial charge in [-0.3, -0.25) is 9.59 Å². The van der Waals surface area contributed by atoms with E-state index in [1.165, 1.54) is 6.92 Å². The molecule has 0 radical (unpaired) electrons. The summed E-state index contributed by atoms with van der Waals surface area (Å²) in [5.74, 6) is 0.467. The minimum absolute atomic E-state index is 0.000520. The summed E-state index contributed by atoms with van der Waals surface area (Å²) >= 11 is 0. The van der Waals surface area contributed by atoms with Gasteiger partial charge < -0.3 is 15.3 Å². The number of piperidine rings is 1. The number of amides is 2. The molecule has 2 amide bonds. The molecule has 19 heavy (non-hydrogen) atoms. The van der Waals surface area contributed by atoms with Crippen molar-refractivity contribution in [2.24, 2.45) is 5.92 Å². The highest BCUT2D eigenvalue weighted by Gasteiger charge is 2.22. The molecular weight excluding hydrogens is 244 g/mol. The molecule has 0 aromatic heterocycles. The largest absolute Gasteiger partial charge is 0.396 e. The van der Waals surface area contributed by atoms with E-state index in [0.717, 1.165) is 38.6 Å². The van der Waals surface area contributed by atoms with E-state index in [1.54, 1.807) is 0 Å². The molecule has 1 aliphatic rings. The van der Waals surface area contributed by atoms with Gasteiger partial charge in [-0.05, 0) is 31.6 Å². The molecule has 1 heterocycles. The predicted molar refractivity (Wildman–Crippen MR) is 73.5 cm³/mol. The Kier molecular flexibility index (Phi) is 7.48. The number of nitrogens with zero attached hydrogens (tertiary/aromatic N) is 1.